The minimum Gasteiger partial charge on any atom is -0.479 e. The van der Waals surface area contributed by atoms with Crippen LogP contribution in [0.3, 0.4) is 0 Å². The van der Waals surface area contributed by atoms with Crippen LogP contribution in [0.5, 0.6) is 0 Å². The van der Waals surface area contributed by atoms with E-state index in [0.29, 0.717) is 85.2 Å². The number of aliphatic carboxylic acids is 1. The van der Waals surface area contributed by atoms with Crippen LogP contribution in [0.15, 0.2) is 200 Å². The van der Waals surface area contributed by atoms with Crippen molar-refractivity contribution < 1.29 is 67.7 Å². The summed E-state index contributed by atoms with van der Waals surface area (Å²) in [6.07, 6.45) is 10.4. The Bertz CT molecular complexity index is 3450. The van der Waals surface area contributed by atoms with Crippen molar-refractivity contribution in [1.82, 2.24) is 0 Å². The Morgan fingerprint density at radius 3 is 1.12 bits per heavy atom. The zero-order valence-corrected chi connectivity index (χ0v) is 54.9. The number of carboxylic acids is 1. The lowest BCUT2D eigenvalue weighted by Crippen LogP contribution is -2.22. The van der Waals surface area contributed by atoms with Gasteiger partial charge in [-0.1, -0.05) is 200 Å². The van der Waals surface area contributed by atoms with Crippen molar-refractivity contribution >= 4 is 41.2 Å². The number of ether oxygens (including phenoxy) is 6. The third kappa shape index (κ3) is 21.7. The van der Waals surface area contributed by atoms with Crippen LogP contribution in [0.2, 0.25) is 0 Å². The van der Waals surface area contributed by atoms with Gasteiger partial charge in [-0.05, 0) is 150 Å². The van der Waals surface area contributed by atoms with Crippen LogP contribution in [-0.4, -0.2) is 91.7 Å². The van der Waals surface area contributed by atoms with E-state index in [9.17, 15) is 34.2 Å². The predicted molar refractivity (Wildman–Crippen MR) is 362 cm³/mol. The number of methoxy groups -OCH3 is 2. The maximum atomic E-state index is 13.2. The summed E-state index contributed by atoms with van der Waals surface area (Å²) >= 11 is 1.87. The molecule has 9 atom stereocenters. The van der Waals surface area contributed by atoms with Crippen molar-refractivity contribution in [3.63, 3.8) is 0 Å². The van der Waals surface area contributed by atoms with Crippen LogP contribution in [0.4, 0.5) is 0 Å². The molecule has 0 heterocycles. The highest BCUT2D eigenvalue weighted by molar-refractivity contribution is 7.98. The molecule has 0 saturated heterocycles. The number of Topliss-reactive ketones (excluding diaryl/α,β-unsaturated/α-hetero) is 2. The molecule has 0 bridgehead atoms. The second kappa shape index (κ2) is 36.3. The number of thioether (sulfide) groups is 1. The van der Waals surface area contributed by atoms with Gasteiger partial charge in [-0.2, -0.15) is 11.8 Å². The average Bonchev–Trinajstić information content (AvgIpc) is 1.72. The summed E-state index contributed by atoms with van der Waals surface area (Å²) in [5, 5.41) is 29.3. The van der Waals surface area contributed by atoms with Gasteiger partial charge in [-0.25, -0.2) is 14.4 Å². The molecule has 94 heavy (non-hydrogen) atoms. The van der Waals surface area contributed by atoms with E-state index in [1.54, 1.807) is 36.4 Å². The average molecular weight is 1300 g/mol. The zero-order chi connectivity index (χ0) is 66.2. The summed E-state index contributed by atoms with van der Waals surface area (Å²) in [5.41, 5.74) is 8.96. The van der Waals surface area contributed by atoms with Gasteiger partial charge in [0.1, 0.15) is 12.2 Å². The third-order valence-corrected chi connectivity index (χ3v) is 18.9. The molecular weight excluding hydrogens is 1200 g/mol. The van der Waals surface area contributed by atoms with E-state index >= 15 is 0 Å². The summed E-state index contributed by atoms with van der Waals surface area (Å²) in [7, 11) is 2.63. The number of hydrogen-bond donors (Lipinski definition) is 3. The number of carbonyl (C=O) groups excluding carboxylic acids is 4. The maximum absolute atomic E-state index is 13.2. The van der Waals surface area contributed by atoms with Crippen molar-refractivity contribution in [3.05, 3.63) is 250 Å². The SMILES string of the molecule is COC(=O)C(O)c1ccccc1.COC(=O)C(OCC1CC1)c1ccccc1.CSC1c2ccccc2CC1CC(=O)C(OCC1CC1)c1ccccc1.O=C(CC1Cc2ccccc2C1O)C(OCC1CC1)c1ccccc1.O=C(O)C(OCC1CC1)c1ccccc1. The zero-order valence-electron chi connectivity index (χ0n) is 54.1. The Hall–Kier alpha value is -7.60. The van der Waals surface area contributed by atoms with Crippen molar-refractivity contribution in [2.24, 2.45) is 35.5 Å². The van der Waals surface area contributed by atoms with E-state index in [4.69, 9.17) is 28.8 Å². The molecule has 4 saturated carbocycles. The molecule has 0 radical (unpaired) electrons. The molecule has 6 aliphatic carbocycles. The molecule has 496 valence electrons. The molecule has 4 fully saturated rings. The highest BCUT2D eigenvalue weighted by atomic mass is 32.2. The second-order valence-electron chi connectivity index (χ2n) is 25.2. The van der Waals surface area contributed by atoms with E-state index in [1.807, 2.05) is 151 Å². The first-order valence-corrected chi connectivity index (χ1v) is 34.3. The first kappa shape index (κ1) is 70.7. The molecule has 14 nitrogen and oxygen atoms in total. The Morgan fingerprint density at radius 1 is 0.415 bits per heavy atom. The monoisotopic (exact) mass is 1290 g/mol. The number of aliphatic hydroxyl groups is 2. The van der Waals surface area contributed by atoms with Crippen LogP contribution < -0.4 is 0 Å². The number of benzene rings is 7. The lowest BCUT2D eigenvalue weighted by atomic mass is 9.92. The molecule has 7 aromatic carbocycles. The molecule has 6 aliphatic rings. The third-order valence-electron chi connectivity index (χ3n) is 17.7. The fraction of sp³-hybridized carbons (Fsp3) is 0.405. The summed E-state index contributed by atoms with van der Waals surface area (Å²) < 4.78 is 32.3. The smallest absolute Gasteiger partial charge is 0.339 e. The van der Waals surface area contributed by atoms with Gasteiger partial charge in [-0.3, -0.25) is 9.59 Å². The predicted octanol–water partition coefficient (Wildman–Crippen LogP) is 14.9. The lowest BCUT2D eigenvalue weighted by molar-refractivity contribution is -0.155. The lowest BCUT2D eigenvalue weighted by Gasteiger charge is -2.22. The van der Waals surface area contributed by atoms with Gasteiger partial charge in [0.2, 0.25) is 0 Å². The molecule has 3 N–H and O–H groups in total. The highest BCUT2D eigenvalue weighted by Gasteiger charge is 2.38. The number of carboxylic acid groups (broad SMARTS) is 1. The van der Waals surface area contributed by atoms with Gasteiger partial charge in [0.05, 0.1) is 46.8 Å². The van der Waals surface area contributed by atoms with Crippen molar-refractivity contribution in [1.29, 1.82) is 0 Å². The summed E-state index contributed by atoms with van der Waals surface area (Å²) in [6.45, 7) is 2.57. The Morgan fingerprint density at radius 2 is 0.734 bits per heavy atom. The number of aliphatic hydroxyl groups excluding tert-OH is 2. The van der Waals surface area contributed by atoms with Gasteiger partial charge >= 0.3 is 17.9 Å². The van der Waals surface area contributed by atoms with Crippen LogP contribution in [0.1, 0.15) is 156 Å². The Kier molecular flexibility index (Phi) is 27.3. The molecule has 0 amide bonds. The second-order valence-corrected chi connectivity index (χ2v) is 26.2. The molecular formula is C79H90O14S. The van der Waals surface area contributed by atoms with Gasteiger partial charge in [0.15, 0.2) is 29.9 Å². The van der Waals surface area contributed by atoms with Crippen LogP contribution in [0, 0.1) is 35.5 Å². The largest absolute Gasteiger partial charge is 0.479 e. The number of esters is 2. The van der Waals surface area contributed by atoms with E-state index < -0.39 is 48.6 Å². The minimum absolute atomic E-state index is 0.0550. The van der Waals surface area contributed by atoms with E-state index in [0.717, 1.165) is 40.7 Å². The van der Waals surface area contributed by atoms with Gasteiger partial charge in [0.25, 0.3) is 0 Å². The number of fused-ring (bicyclic) bond motifs is 2. The highest BCUT2D eigenvalue weighted by Crippen LogP contribution is 2.47. The van der Waals surface area contributed by atoms with Crippen LogP contribution in [-0.2, 0) is 65.2 Å². The molecule has 15 heteroatoms. The maximum Gasteiger partial charge on any atom is 0.339 e. The standard InChI is InChI=1S/C23H26O2S.C22H24O3.C13H16O3.C12H14O3.C9H10O3/c1-26-23-19(13-18-9-5-6-10-20(18)23)14-21(24)22(25-15-16-11-12-16)17-7-3-2-4-8-17;23-20(13-18-12-17-8-4-5-9-19(17)21(18)24)22(25-14-15-10-11-15)16-6-2-1-3-7-16;1-15-13(14)12(16-9-10-7-8-10)11-5-3-2-4-6-11;13-12(14)11(15-8-9-6-7-9)10-4-2-1-3-5-10;1-12-9(11)8(10)7-5-3-2-4-6-7/h2-10,16,19,22-23H,11-15H2,1H3;1-9,15,18,21-22,24H,10-14H2;2-6,10,12H,7-9H2,1H3;1-5,9,11H,6-8H2,(H,13,14);2-6,8,10H,1H3. The van der Waals surface area contributed by atoms with Gasteiger partial charge in [0, 0.05) is 24.0 Å². The van der Waals surface area contributed by atoms with Crippen LogP contribution in [0.25, 0.3) is 0 Å². The van der Waals surface area contributed by atoms with Crippen molar-refractivity contribution in [2.45, 2.75) is 119 Å². The minimum atomic E-state index is -1.17. The number of rotatable bonds is 27. The molecule has 0 spiro atoms. The van der Waals surface area contributed by atoms with Crippen LogP contribution >= 0.6 is 11.8 Å². The van der Waals surface area contributed by atoms with E-state index in [-0.39, 0.29) is 23.5 Å². The van der Waals surface area contributed by atoms with Crippen molar-refractivity contribution in [3.8, 4) is 0 Å². The normalized spacial score (nSPS) is 19.7. The fourth-order valence-electron chi connectivity index (χ4n) is 11.6. The molecule has 0 aromatic heterocycles. The Balaban J connectivity index is 0.000000143. The molecule has 13 rings (SSSR count). The van der Waals surface area contributed by atoms with Gasteiger partial charge < -0.3 is 43.7 Å². The number of carbonyl (C=O) groups is 5. The summed E-state index contributed by atoms with van der Waals surface area (Å²) in [4.78, 5) is 59.7. The first-order valence-electron chi connectivity index (χ1n) is 33.0. The summed E-state index contributed by atoms with van der Waals surface area (Å²) in [5.74, 6) is 1.22. The van der Waals surface area contributed by atoms with Gasteiger partial charge in [-0.15, -0.1) is 0 Å². The molecule has 9 unspecified atom stereocenters. The van der Waals surface area contributed by atoms with Crippen molar-refractivity contribution in [2.75, 3.05) is 46.9 Å². The topological polar surface area (TPSA) is 201 Å². The first-order chi connectivity index (χ1) is 45.8. The molecule has 0 aliphatic heterocycles. The molecule has 7 aromatic rings. The van der Waals surface area contributed by atoms with E-state index in [1.165, 1.54) is 76.7 Å². The Labute approximate surface area is 557 Å². The number of hydrogen-bond acceptors (Lipinski definition) is 14. The summed E-state index contributed by atoms with van der Waals surface area (Å²) in [6, 6.07) is 63.5. The van der Waals surface area contributed by atoms with E-state index in [2.05, 4.69) is 35.3 Å². The number of ketones is 2. The quantitative estimate of drug-likeness (QED) is 0.0410. The fourth-order valence-corrected chi connectivity index (χ4v) is 12.7.